The van der Waals surface area contributed by atoms with E-state index in [1.54, 1.807) is 18.2 Å². The van der Waals surface area contributed by atoms with E-state index in [0.717, 1.165) is 6.92 Å². The number of fused-ring (bicyclic) bond motifs is 4. The fourth-order valence-electron chi connectivity index (χ4n) is 3.49. The van der Waals surface area contributed by atoms with Gasteiger partial charge >= 0.3 is 12.2 Å². The highest BCUT2D eigenvalue weighted by Gasteiger charge is 2.41. The summed E-state index contributed by atoms with van der Waals surface area (Å²) in [5, 5.41) is 12.1. The Morgan fingerprint density at radius 2 is 2.07 bits per heavy atom. The lowest BCUT2D eigenvalue weighted by Crippen LogP contribution is -2.49. The topological polar surface area (TPSA) is 103 Å². The Balaban J connectivity index is 1.63. The highest BCUT2D eigenvalue weighted by Crippen LogP contribution is 2.39. The number of amides is 3. The number of nitrogens with one attached hydrogen (secondary N) is 2. The van der Waals surface area contributed by atoms with E-state index in [2.05, 4.69) is 20.5 Å². The maximum atomic E-state index is 12.9. The third kappa shape index (κ3) is 3.72. The molecular formula is C18H18F3N7O2. The summed E-state index contributed by atoms with van der Waals surface area (Å²) in [6.45, 7) is 2.15. The SMILES string of the molecule is C[C@@H](NC(=O)c1ccc2c(n1)N(C(=O)Nc1cccnn1)[C@H]1CCN2C1)C(F)(F)F. The zero-order chi connectivity index (χ0) is 21.5. The van der Waals surface area contributed by atoms with Crippen molar-refractivity contribution >= 4 is 29.3 Å². The lowest BCUT2D eigenvalue weighted by Gasteiger charge is -2.35. The Hall–Kier alpha value is -3.44. The second-order valence-corrected chi connectivity index (χ2v) is 7.07. The van der Waals surface area contributed by atoms with Crippen molar-refractivity contribution in [2.45, 2.75) is 31.6 Å². The van der Waals surface area contributed by atoms with Gasteiger partial charge in [-0.3, -0.25) is 15.0 Å². The molecule has 0 saturated carbocycles. The lowest BCUT2D eigenvalue weighted by atomic mass is 10.1. The van der Waals surface area contributed by atoms with Crippen LogP contribution < -0.4 is 20.4 Å². The van der Waals surface area contributed by atoms with Crippen LogP contribution in [-0.2, 0) is 0 Å². The van der Waals surface area contributed by atoms with Crippen molar-refractivity contribution in [1.29, 1.82) is 0 Å². The summed E-state index contributed by atoms with van der Waals surface area (Å²) in [6, 6.07) is 3.43. The highest BCUT2D eigenvalue weighted by molar-refractivity contribution is 6.05. The van der Waals surface area contributed by atoms with E-state index in [4.69, 9.17) is 0 Å². The molecule has 2 N–H and O–H groups in total. The number of halogens is 3. The molecule has 0 aromatic carbocycles. The molecule has 12 heteroatoms. The molecule has 1 saturated heterocycles. The number of pyridine rings is 1. The lowest BCUT2D eigenvalue weighted by molar-refractivity contribution is -0.149. The first-order valence-corrected chi connectivity index (χ1v) is 9.25. The van der Waals surface area contributed by atoms with E-state index in [0.29, 0.717) is 25.2 Å². The molecule has 30 heavy (non-hydrogen) atoms. The van der Waals surface area contributed by atoms with Gasteiger partial charge in [-0.25, -0.2) is 9.78 Å². The van der Waals surface area contributed by atoms with Crippen LogP contribution in [0.1, 0.15) is 23.8 Å². The molecule has 2 atom stereocenters. The van der Waals surface area contributed by atoms with Crippen molar-refractivity contribution < 1.29 is 22.8 Å². The first kappa shape index (κ1) is 19.9. The number of carbonyl (C=O) groups is 2. The molecule has 4 rings (SSSR count). The minimum absolute atomic E-state index is 0.186. The third-order valence-corrected chi connectivity index (χ3v) is 5.05. The first-order valence-electron chi connectivity index (χ1n) is 9.25. The monoisotopic (exact) mass is 421 g/mol. The number of nitrogens with zero attached hydrogens (tertiary/aromatic N) is 5. The normalized spacial score (nSPS) is 18.6. The Morgan fingerprint density at radius 1 is 1.27 bits per heavy atom. The predicted octanol–water partition coefficient (Wildman–Crippen LogP) is 2.18. The number of anilines is 3. The Kier molecular flexibility index (Phi) is 4.92. The number of urea groups is 1. The molecule has 2 aromatic rings. The molecule has 2 aliphatic heterocycles. The van der Waals surface area contributed by atoms with Gasteiger partial charge in [-0.1, -0.05) is 0 Å². The van der Waals surface area contributed by atoms with Gasteiger partial charge in [0.05, 0.1) is 11.7 Å². The third-order valence-electron chi connectivity index (χ3n) is 5.05. The standard InChI is InChI=1S/C18H18F3N7O2/c1-10(18(19,20)21)23-16(29)12-4-5-13-15(24-12)28(11-6-8-27(13)9-11)17(30)25-14-3-2-7-22-26-14/h2-5,7,10-11H,6,8-9H2,1H3,(H,23,29)(H,25,26,30)/t10-,11+/m1/s1. The molecule has 2 aliphatic rings. The number of hydrogen-bond acceptors (Lipinski definition) is 6. The molecule has 0 spiro atoms. The van der Waals surface area contributed by atoms with Gasteiger partial charge in [-0.15, -0.1) is 5.10 Å². The molecular weight excluding hydrogens is 403 g/mol. The van der Waals surface area contributed by atoms with Crippen molar-refractivity contribution in [1.82, 2.24) is 20.5 Å². The van der Waals surface area contributed by atoms with Gasteiger partial charge in [0.2, 0.25) is 0 Å². The van der Waals surface area contributed by atoms with E-state index >= 15 is 0 Å². The van der Waals surface area contributed by atoms with Crippen LogP contribution in [0.25, 0.3) is 0 Å². The van der Waals surface area contributed by atoms with E-state index in [9.17, 15) is 22.8 Å². The van der Waals surface area contributed by atoms with Crippen molar-refractivity contribution in [2.75, 3.05) is 28.2 Å². The summed E-state index contributed by atoms with van der Waals surface area (Å²) >= 11 is 0. The molecule has 0 radical (unpaired) electrons. The maximum Gasteiger partial charge on any atom is 0.408 e. The van der Waals surface area contributed by atoms with Crippen molar-refractivity contribution in [3.05, 3.63) is 36.2 Å². The highest BCUT2D eigenvalue weighted by atomic mass is 19.4. The summed E-state index contributed by atoms with van der Waals surface area (Å²) in [5.41, 5.74) is 0.433. The average Bonchev–Trinajstić information content (AvgIpc) is 3.12. The Morgan fingerprint density at radius 3 is 2.77 bits per heavy atom. The summed E-state index contributed by atoms with van der Waals surface area (Å²) in [4.78, 5) is 33.0. The molecule has 4 heterocycles. The van der Waals surface area contributed by atoms with Crippen LogP contribution in [0.4, 0.5) is 35.3 Å². The van der Waals surface area contributed by atoms with E-state index in [-0.39, 0.29) is 23.4 Å². The second kappa shape index (κ2) is 7.43. The zero-order valence-electron chi connectivity index (χ0n) is 15.8. The average molecular weight is 421 g/mol. The van der Waals surface area contributed by atoms with Crippen LogP contribution in [0.5, 0.6) is 0 Å². The van der Waals surface area contributed by atoms with Crippen LogP contribution in [0, 0.1) is 0 Å². The van der Waals surface area contributed by atoms with E-state index in [1.165, 1.54) is 17.2 Å². The second-order valence-electron chi connectivity index (χ2n) is 7.07. The van der Waals surface area contributed by atoms with Gasteiger partial charge in [0, 0.05) is 19.3 Å². The van der Waals surface area contributed by atoms with Crippen LogP contribution in [0.2, 0.25) is 0 Å². The van der Waals surface area contributed by atoms with Gasteiger partial charge in [-0.05, 0) is 37.6 Å². The fraction of sp³-hybridized carbons (Fsp3) is 0.389. The van der Waals surface area contributed by atoms with Crippen LogP contribution in [-0.4, -0.2) is 58.5 Å². The largest absolute Gasteiger partial charge is 0.408 e. The minimum Gasteiger partial charge on any atom is -0.366 e. The van der Waals surface area contributed by atoms with Crippen molar-refractivity contribution in [3.63, 3.8) is 0 Å². The van der Waals surface area contributed by atoms with Crippen molar-refractivity contribution in [2.24, 2.45) is 0 Å². The molecule has 1 fully saturated rings. The molecule has 0 unspecified atom stereocenters. The van der Waals surface area contributed by atoms with Crippen LogP contribution in [0.3, 0.4) is 0 Å². The van der Waals surface area contributed by atoms with Crippen LogP contribution >= 0.6 is 0 Å². The van der Waals surface area contributed by atoms with Gasteiger partial charge in [0.15, 0.2) is 11.6 Å². The number of rotatable bonds is 3. The minimum atomic E-state index is -4.57. The number of hydrogen-bond donors (Lipinski definition) is 2. The summed E-state index contributed by atoms with van der Waals surface area (Å²) in [6.07, 6.45) is -2.41. The van der Waals surface area contributed by atoms with Gasteiger partial charge in [-0.2, -0.15) is 18.3 Å². The molecule has 2 bridgehead atoms. The van der Waals surface area contributed by atoms with Gasteiger partial charge < -0.3 is 10.2 Å². The predicted molar refractivity (Wildman–Crippen MR) is 101 cm³/mol. The molecule has 9 nitrogen and oxygen atoms in total. The molecule has 158 valence electrons. The maximum absolute atomic E-state index is 12.9. The van der Waals surface area contributed by atoms with Crippen LogP contribution in [0.15, 0.2) is 30.5 Å². The summed E-state index contributed by atoms with van der Waals surface area (Å²) in [5.74, 6) is -0.500. The zero-order valence-corrected chi connectivity index (χ0v) is 15.8. The Labute approximate surface area is 169 Å². The summed E-state index contributed by atoms with van der Waals surface area (Å²) < 4.78 is 38.3. The molecule has 2 aromatic heterocycles. The van der Waals surface area contributed by atoms with Gasteiger partial charge in [0.25, 0.3) is 5.91 Å². The fourth-order valence-corrected chi connectivity index (χ4v) is 3.49. The smallest absolute Gasteiger partial charge is 0.366 e. The first-order chi connectivity index (χ1) is 14.2. The van der Waals surface area contributed by atoms with E-state index < -0.39 is 24.2 Å². The van der Waals surface area contributed by atoms with Gasteiger partial charge in [0.1, 0.15) is 11.7 Å². The van der Waals surface area contributed by atoms with Crippen molar-refractivity contribution in [3.8, 4) is 0 Å². The quantitative estimate of drug-likeness (QED) is 0.788. The Bertz CT molecular complexity index is 970. The molecule has 0 aliphatic carbocycles. The summed E-state index contributed by atoms with van der Waals surface area (Å²) in [7, 11) is 0. The molecule has 3 amide bonds. The van der Waals surface area contributed by atoms with E-state index in [1.807, 2.05) is 10.2 Å². The number of aromatic nitrogens is 3. The number of alkyl halides is 3. The number of carbonyl (C=O) groups excluding carboxylic acids is 2.